The Morgan fingerprint density at radius 2 is 1.88 bits per heavy atom. The maximum Gasteiger partial charge on any atom is 0.128 e. The molecule has 0 saturated heterocycles. The SMILES string of the molecule is Cc1ccc(N=Cc2cc(Br)ccc2OCc2cccc(Cl)c2)c(C)c1. The van der Waals surface area contributed by atoms with Crippen LogP contribution in [0.3, 0.4) is 0 Å². The van der Waals surface area contributed by atoms with E-state index >= 15 is 0 Å². The van der Waals surface area contributed by atoms with Gasteiger partial charge < -0.3 is 4.74 Å². The summed E-state index contributed by atoms with van der Waals surface area (Å²) in [6, 6.07) is 19.8. The molecule has 0 heterocycles. The van der Waals surface area contributed by atoms with E-state index in [2.05, 4.69) is 46.9 Å². The maximum atomic E-state index is 6.04. The zero-order valence-electron chi connectivity index (χ0n) is 14.7. The first kappa shape index (κ1) is 18.7. The lowest BCUT2D eigenvalue weighted by atomic mass is 10.1. The van der Waals surface area contributed by atoms with Gasteiger partial charge in [0.05, 0.1) is 5.69 Å². The third-order valence-corrected chi connectivity index (χ3v) is 4.68. The molecule has 0 bridgehead atoms. The Bertz CT molecular complexity index is 953. The lowest BCUT2D eigenvalue weighted by Gasteiger charge is -2.10. The van der Waals surface area contributed by atoms with Crippen LogP contribution in [0.5, 0.6) is 5.75 Å². The number of aryl methyl sites for hydroxylation is 2. The first-order valence-electron chi connectivity index (χ1n) is 8.29. The normalized spacial score (nSPS) is 11.1. The van der Waals surface area contributed by atoms with Crippen LogP contribution in [-0.2, 0) is 6.61 Å². The Balaban J connectivity index is 1.82. The summed E-state index contributed by atoms with van der Waals surface area (Å²) in [5.74, 6) is 0.779. The summed E-state index contributed by atoms with van der Waals surface area (Å²) < 4.78 is 6.98. The van der Waals surface area contributed by atoms with Crippen molar-refractivity contribution in [2.75, 3.05) is 0 Å². The molecule has 0 aliphatic heterocycles. The van der Waals surface area contributed by atoms with E-state index in [1.54, 1.807) is 0 Å². The van der Waals surface area contributed by atoms with Crippen LogP contribution in [0.4, 0.5) is 5.69 Å². The Hall–Kier alpha value is -2.10. The highest BCUT2D eigenvalue weighted by molar-refractivity contribution is 9.10. The molecular weight excluding hydrogens is 410 g/mol. The fourth-order valence-corrected chi connectivity index (χ4v) is 3.22. The summed E-state index contributed by atoms with van der Waals surface area (Å²) in [5.41, 5.74) is 5.28. The highest BCUT2D eigenvalue weighted by atomic mass is 79.9. The van der Waals surface area contributed by atoms with Gasteiger partial charge in [-0.25, -0.2) is 0 Å². The second kappa shape index (κ2) is 8.52. The quantitative estimate of drug-likeness (QED) is 0.399. The third-order valence-electron chi connectivity index (χ3n) is 3.95. The Morgan fingerprint density at radius 3 is 2.65 bits per heavy atom. The summed E-state index contributed by atoms with van der Waals surface area (Å²) in [7, 11) is 0. The summed E-state index contributed by atoms with van der Waals surface area (Å²) in [6.07, 6.45) is 1.84. The molecule has 26 heavy (non-hydrogen) atoms. The number of nitrogens with zero attached hydrogens (tertiary/aromatic N) is 1. The number of hydrogen-bond acceptors (Lipinski definition) is 2. The number of aliphatic imine (C=N–C) groups is 1. The van der Waals surface area contributed by atoms with Gasteiger partial charge in [-0.15, -0.1) is 0 Å². The summed E-state index contributed by atoms with van der Waals surface area (Å²) in [4.78, 5) is 4.64. The van der Waals surface area contributed by atoms with Crippen molar-refractivity contribution in [3.63, 3.8) is 0 Å². The number of ether oxygens (including phenoxy) is 1. The van der Waals surface area contributed by atoms with Crippen molar-refractivity contribution < 1.29 is 4.74 Å². The molecule has 0 aliphatic carbocycles. The minimum absolute atomic E-state index is 0.451. The van der Waals surface area contributed by atoms with Gasteiger partial charge in [-0.1, -0.05) is 57.4 Å². The molecule has 0 atom stereocenters. The standard InChI is InChI=1S/C22H19BrClNO/c1-15-6-8-21(16(2)10-15)25-13-18-12-19(23)7-9-22(18)26-14-17-4-3-5-20(24)11-17/h3-13H,14H2,1-2H3. The van der Waals surface area contributed by atoms with Crippen molar-refractivity contribution in [2.24, 2.45) is 4.99 Å². The highest BCUT2D eigenvalue weighted by Gasteiger charge is 2.05. The molecule has 0 aromatic heterocycles. The minimum Gasteiger partial charge on any atom is -0.488 e. The fraction of sp³-hybridized carbons (Fsp3) is 0.136. The zero-order chi connectivity index (χ0) is 18.5. The average molecular weight is 429 g/mol. The van der Waals surface area contributed by atoms with Crippen molar-refractivity contribution in [3.8, 4) is 5.75 Å². The first-order valence-corrected chi connectivity index (χ1v) is 9.46. The molecule has 3 aromatic carbocycles. The van der Waals surface area contributed by atoms with Gasteiger partial charge >= 0.3 is 0 Å². The van der Waals surface area contributed by atoms with Crippen LogP contribution < -0.4 is 4.74 Å². The fourth-order valence-electron chi connectivity index (χ4n) is 2.63. The molecule has 4 heteroatoms. The summed E-state index contributed by atoms with van der Waals surface area (Å²) in [5, 5.41) is 0.707. The van der Waals surface area contributed by atoms with E-state index in [1.165, 1.54) is 5.56 Å². The molecule has 0 unspecified atom stereocenters. The predicted molar refractivity (Wildman–Crippen MR) is 113 cm³/mol. The van der Waals surface area contributed by atoms with Crippen LogP contribution in [0.15, 0.2) is 70.1 Å². The minimum atomic E-state index is 0.451. The molecule has 0 amide bonds. The van der Waals surface area contributed by atoms with Crippen LogP contribution in [0.25, 0.3) is 0 Å². The molecule has 2 nitrogen and oxygen atoms in total. The highest BCUT2D eigenvalue weighted by Crippen LogP contribution is 2.25. The molecule has 0 fully saturated rings. The lowest BCUT2D eigenvalue weighted by molar-refractivity contribution is 0.306. The second-order valence-electron chi connectivity index (χ2n) is 6.15. The number of rotatable bonds is 5. The van der Waals surface area contributed by atoms with E-state index < -0.39 is 0 Å². The average Bonchev–Trinajstić information content (AvgIpc) is 2.60. The third kappa shape index (κ3) is 4.96. The van der Waals surface area contributed by atoms with Gasteiger partial charge in [0.2, 0.25) is 0 Å². The van der Waals surface area contributed by atoms with Crippen molar-refractivity contribution in [3.05, 3.63) is 92.4 Å². The van der Waals surface area contributed by atoms with E-state index in [0.717, 1.165) is 32.6 Å². The van der Waals surface area contributed by atoms with Gasteiger partial charge in [0, 0.05) is 21.3 Å². The van der Waals surface area contributed by atoms with Gasteiger partial charge in [-0.3, -0.25) is 4.99 Å². The monoisotopic (exact) mass is 427 g/mol. The molecular formula is C22H19BrClNO. The molecule has 0 saturated carbocycles. The van der Waals surface area contributed by atoms with Crippen molar-refractivity contribution >= 4 is 39.4 Å². The number of hydrogen-bond donors (Lipinski definition) is 0. The van der Waals surface area contributed by atoms with Crippen LogP contribution in [0.1, 0.15) is 22.3 Å². The zero-order valence-corrected chi connectivity index (χ0v) is 17.0. The smallest absolute Gasteiger partial charge is 0.128 e. The van der Waals surface area contributed by atoms with Crippen molar-refractivity contribution in [1.29, 1.82) is 0 Å². The molecule has 0 radical (unpaired) electrons. The molecule has 0 aliphatic rings. The van der Waals surface area contributed by atoms with Gasteiger partial charge in [-0.2, -0.15) is 0 Å². The molecule has 0 spiro atoms. The number of benzene rings is 3. The van der Waals surface area contributed by atoms with Crippen molar-refractivity contribution in [2.45, 2.75) is 20.5 Å². The van der Waals surface area contributed by atoms with Gasteiger partial charge in [-0.05, 0) is 61.4 Å². The number of halogens is 2. The summed E-state index contributed by atoms with van der Waals surface area (Å²) in [6.45, 7) is 4.60. The van der Waals surface area contributed by atoms with E-state index in [0.29, 0.717) is 11.6 Å². The van der Waals surface area contributed by atoms with E-state index in [-0.39, 0.29) is 0 Å². The van der Waals surface area contributed by atoms with E-state index in [1.807, 2.05) is 54.7 Å². The first-order chi connectivity index (χ1) is 12.5. The van der Waals surface area contributed by atoms with Gasteiger partial charge in [0.1, 0.15) is 12.4 Å². The topological polar surface area (TPSA) is 21.6 Å². The lowest BCUT2D eigenvalue weighted by Crippen LogP contribution is -1.98. The van der Waals surface area contributed by atoms with Crippen LogP contribution in [-0.4, -0.2) is 6.21 Å². The Morgan fingerprint density at radius 1 is 1.04 bits per heavy atom. The van der Waals surface area contributed by atoms with Crippen LogP contribution in [0, 0.1) is 13.8 Å². The van der Waals surface area contributed by atoms with Gasteiger partial charge in [0.25, 0.3) is 0 Å². The molecule has 3 aromatic rings. The summed E-state index contributed by atoms with van der Waals surface area (Å²) >= 11 is 9.56. The molecule has 0 N–H and O–H groups in total. The van der Waals surface area contributed by atoms with Gasteiger partial charge in [0.15, 0.2) is 0 Å². The molecule has 3 rings (SSSR count). The largest absolute Gasteiger partial charge is 0.488 e. The predicted octanol–water partition coefficient (Wildman–Crippen LogP) is 7.05. The second-order valence-corrected chi connectivity index (χ2v) is 7.50. The maximum absolute atomic E-state index is 6.04. The Kier molecular flexibility index (Phi) is 6.12. The van der Waals surface area contributed by atoms with Crippen molar-refractivity contribution in [1.82, 2.24) is 0 Å². The Labute approximate surface area is 167 Å². The van der Waals surface area contributed by atoms with E-state index in [9.17, 15) is 0 Å². The van der Waals surface area contributed by atoms with Crippen LogP contribution >= 0.6 is 27.5 Å². The van der Waals surface area contributed by atoms with Crippen LogP contribution in [0.2, 0.25) is 5.02 Å². The molecule has 132 valence electrons. The van der Waals surface area contributed by atoms with E-state index in [4.69, 9.17) is 16.3 Å².